The van der Waals surface area contributed by atoms with Gasteiger partial charge in [-0.3, -0.25) is 4.79 Å². The summed E-state index contributed by atoms with van der Waals surface area (Å²) in [6, 6.07) is 5.27. The summed E-state index contributed by atoms with van der Waals surface area (Å²) in [5.74, 6) is 1.54. The predicted molar refractivity (Wildman–Crippen MR) is 84.5 cm³/mol. The highest BCUT2D eigenvalue weighted by molar-refractivity contribution is 8.00. The molecule has 1 fully saturated rings. The molecule has 0 aromatic heterocycles. The molecule has 0 radical (unpaired) electrons. The number of nitrogens with one attached hydrogen (secondary N) is 1. The topological polar surface area (TPSA) is 64.3 Å². The second-order valence-electron chi connectivity index (χ2n) is 5.24. The van der Waals surface area contributed by atoms with Gasteiger partial charge in [0.1, 0.15) is 0 Å². The van der Waals surface area contributed by atoms with Gasteiger partial charge >= 0.3 is 0 Å². The molecule has 1 unspecified atom stereocenters. The Morgan fingerprint density at radius 2 is 2.35 bits per heavy atom. The number of thioether (sulfide) groups is 1. The molecule has 1 amide bonds. The number of nitrogens with two attached hydrogens (primary N) is 1. The van der Waals surface area contributed by atoms with E-state index in [9.17, 15) is 4.79 Å². The van der Waals surface area contributed by atoms with E-state index in [0.717, 1.165) is 6.42 Å². The molecule has 3 N–H and O–H groups in total. The van der Waals surface area contributed by atoms with Crippen molar-refractivity contribution < 1.29 is 9.53 Å². The quantitative estimate of drug-likeness (QED) is 0.820. The van der Waals surface area contributed by atoms with Crippen molar-refractivity contribution in [3.05, 3.63) is 23.8 Å². The summed E-state index contributed by atoms with van der Waals surface area (Å²) in [7, 11) is 0. The zero-order valence-corrected chi connectivity index (χ0v) is 12.9. The molecule has 20 heavy (non-hydrogen) atoms. The summed E-state index contributed by atoms with van der Waals surface area (Å²) in [4.78, 5) is 12.3. The van der Waals surface area contributed by atoms with Gasteiger partial charge in [-0.05, 0) is 44.6 Å². The summed E-state index contributed by atoms with van der Waals surface area (Å²) in [5.41, 5.74) is 6.89. The molecule has 1 aliphatic heterocycles. The van der Waals surface area contributed by atoms with E-state index >= 15 is 0 Å². The largest absolute Gasteiger partial charge is 0.491 e. The number of ether oxygens (including phenoxy) is 1. The van der Waals surface area contributed by atoms with Crippen molar-refractivity contribution >= 4 is 23.4 Å². The van der Waals surface area contributed by atoms with Gasteiger partial charge < -0.3 is 15.8 Å². The standard InChI is InChI=1S/C15H22N2O2S/c1-3-19-13-11(6-4-7-12(13)16)14(18)17-10-15(2)8-5-9-20-15/h4,6-7H,3,5,8-10,16H2,1-2H3,(H,17,18). The van der Waals surface area contributed by atoms with Crippen molar-refractivity contribution in [2.45, 2.75) is 31.4 Å². The number of rotatable bonds is 5. The van der Waals surface area contributed by atoms with Crippen molar-refractivity contribution in [1.29, 1.82) is 0 Å². The van der Waals surface area contributed by atoms with Gasteiger partial charge in [0.2, 0.25) is 0 Å². The maximum Gasteiger partial charge on any atom is 0.255 e. The van der Waals surface area contributed by atoms with E-state index in [0.29, 0.717) is 30.2 Å². The third-order valence-corrected chi connectivity index (χ3v) is 5.04. The molecule has 0 bridgehead atoms. The Kier molecular flexibility index (Phi) is 4.81. The Balaban J connectivity index is 2.07. The van der Waals surface area contributed by atoms with Crippen molar-refractivity contribution in [2.75, 3.05) is 24.6 Å². The minimum atomic E-state index is -0.116. The first-order valence-corrected chi connectivity index (χ1v) is 7.98. The summed E-state index contributed by atoms with van der Waals surface area (Å²) in [6.07, 6.45) is 2.37. The van der Waals surface area contributed by atoms with Gasteiger partial charge in [0.15, 0.2) is 5.75 Å². The lowest BCUT2D eigenvalue weighted by Gasteiger charge is -2.23. The summed E-state index contributed by atoms with van der Waals surface area (Å²) in [6.45, 7) is 5.25. The molecule has 0 spiro atoms. The maximum atomic E-state index is 12.3. The van der Waals surface area contributed by atoms with Gasteiger partial charge in [0.05, 0.1) is 17.9 Å². The van der Waals surface area contributed by atoms with Crippen LogP contribution in [0.1, 0.15) is 37.0 Å². The number of carbonyl (C=O) groups is 1. The average Bonchev–Trinajstić information content (AvgIpc) is 2.86. The minimum Gasteiger partial charge on any atom is -0.491 e. The minimum absolute atomic E-state index is 0.116. The number of benzene rings is 1. The van der Waals surface area contributed by atoms with E-state index in [-0.39, 0.29) is 10.7 Å². The fourth-order valence-electron chi connectivity index (χ4n) is 2.38. The Morgan fingerprint density at radius 3 is 3.00 bits per heavy atom. The summed E-state index contributed by atoms with van der Waals surface area (Å²) in [5, 5.41) is 3.01. The fourth-order valence-corrected chi connectivity index (χ4v) is 3.62. The maximum absolute atomic E-state index is 12.3. The van der Waals surface area contributed by atoms with Crippen LogP contribution < -0.4 is 15.8 Å². The second kappa shape index (κ2) is 6.39. The fraction of sp³-hybridized carbons (Fsp3) is 0.533. The lowest BCUT2D eigenvalue weighted by atomic mass is 10.1. The zero-order chi connectivity index (χ0) is 14.6. The molecule has 1 aliphatic rings. The predicted octanol–water partition coefficient (Wildman–Crippen LogP) is 2.68. The van der Waals surface area contributed by atoms with Crippen LogP contribution in [0.3, 0.4) is 0 Å². The number of hydrogen-bond donors (Lipinski definition) is 2. The van der Waals surface area contributed by atoms with Crippen LogP contribution in [0, 0.1) is 0 Å². The Bertz CT molecular complexity index is 485. The highest BCUT2D eigenvalue weighted by atomic mass is 32.2. The molecule has 110 valence electrons. The first-order valence-electron chi connectivity index (χ1n) is 6.99. The molecule has 4 nitrogen and oxygen atoms in total. The van der Waals surface area contributed by atoms with Gasteiger partial charge in [-0.15, -0.1) is 0 Å². The van der Waals surface area contributed by atoms with E-state index in [4.69, 9.17) is 10.5 Å². The second-order valence-corrected chi connectivity index (χ2v) is 6.92. The highest BCUT2D eigenvalue weighted by Gasteiger charge is 2.30. The SMILES string of the molecule is CCOc1c(N)cccc1C(=O)NCC1(C)CCCS1. The smallest absolute Gasteiger partial charge is 0.255 e. The Hall–Kier alpha value is -1.36. The first-order chi connectivity index (χ1) is 9.56. The van der Waals surface area contributed by atoms with Crippen molar-refractivity contribution in [2.24, 2.45) is 0 Å². The number of carbonyl (C=O) groups excluding carboxylic acids is 1. The molecule has 1 aromatic carbocycles. The lowest BCUT2D eigenvalue weighted by molar-refractivity contribution is 0.0946. The van der Waals surface area contributed by atoms with E-state index in [2.05, 4.69) is 12.2 Å². The van der Waals surface area contributed by atoms with Crippen LogP contribution >= 0.6 is 11.8 Å². The monoisotopic (exact) mass is 294 g/mol. The molecule has 1 aromatic rings. The van der Waals surface area contributed by atoms with Gasteiger partial charge in [-0.2, -0.15) is 11.8 Å². The van der Waals surface area contributed by atoms with Crippen LogP contribution in [0.4, 0.5) is 5.69 Å². The van der Waals surface area contributed by atoms with Crippen LogP contribution in [0.25, 0.3) is 0 Å². The van der Waals surface area contributed by atoms with Crippen LogP contribution in [0.5, 0.6) is 5.75 Å². The van der Waals surface area contributed by atoms with Crippen LogP contribution in [-0.4, -0.2) is 29.6 Å². The van der Waals surface area contributed by atoms with Crippen LogP contribution in [0.2, 0.25) is 0 Å². The van der Waals surface area contributed by atoms with Crippen molar-refractivity contribution in [3.63, 3.8) is 0 Å². The normalized spacial score (nSPS) is 21.7. The molecular formula is C15H22N2O2S. The Morgan fingerprint density at radius 1 is 1.55 bits per heavy atom. The summed E-state index contributed by atoms with van der Waals surface area (Å²) < 4.78 is 5.65. The Labute approximate surface area is 124 Å². The van der Waals surface area contributed by atoms with Crippen LogP contribution in [-0.2, 0) is 0 Å². The molecular weight excluding hydrogens is 272 g/mol. The van der Waals surface area contributed by atoms with E-state index in [1.54, 1.807) is 18.2 Å². The number of hydrogen-bond acceptors (Lipinski definition) is 4. The van der Waals surface area contributed by atoms with Gasteiger partial charge in [-0.1, -0.05) is 6.07 Å². The van der Waals surface area contributed by atoms with Crippen molar-refractivity contribution in [3.8, 4) is 5.75 Å². The van der Waals surface area contributed by atoms with E-state index in [1.807, 2.05) is 18.7 Å². The van der Waals surface area contributed by atoms with Gasteiger partial charge in [-0.25, -0.2) is 0 Å². The first kappa shape index (κ1) is 15.0. The molecule has 2 rings (SSSR count). The molecule has 1 heterocycles. The van der Waals surface area contributed by atoms with E-state index in [1.165, 1.54) is 12.2 Å². The number of amides is 1. The average molecular weight is 294 g/mol. The van der Waals surface area contributed by atoms with Gasteiger partial charge in [0, 0.05) is 11.3 Å². The number of anilines is 1. The third-order valence-electron chi connectivity index (χ3n) is 3.50. The number of nitrogen functional groups attached to an aromatic ring is 1. The van der Waals surface area contributed by atoms with Crippen molar-refractivity contribution in [1.82, 2.24) is 5.32 Å². The summed E-state index contributed by atoms with van der Waals surface area (Å²) >= 11 is 1.93. The van der Waals surface area contributed by atoms with Crippen LogP contribution in [0.15, 0.2) is 18.2 Å². The molecule has 1 atom stereocenters. The van der Waals surface area contributed by atoms with Gasteiger partial charge in [0.25, 0.3) is 5.91 Å². The molecule has 0 saturated carbocycles. The lowest BCUT2D eigenvalue weighted by Crippen LogP contribution is -2.36. The molecule has 5 heteroatoms. The molecule has 1 saturated heterocycles. The third kappa shape index (κ3) is 3.39. The zero-order valence-electron chi connectivity index (χ0n) is 12.1. The molecule has 0 aliphatic carbocycles. The van der Waals surface area contributed by atoms with E-state index < -0.39 is 0 Å². The highest BCUT2D eigenvalue weighted by Crippen LogP contribution is 2.37. The number of para-hydroxylation sites is 1.